The molecule has 10 nitrogen and oxygen atoms in total. The molecule has 0 radical (unpaired) electrons. The zero-order valence-corrected chi connectivity index (χ0v) is 24.0. The maximum absolute atomic E-state index is 16.1. The van der Waals surface area contributed by atoms with E-state index in [4.69, 9.17) is 27.1 Å². The Morgan fingerprint density at radius 1 is 1.20 bits per heavy atom. The number of nitrogens with one attached hydrogen (secondary N) is 1. The minimum absolute atomic E-state index is 0.0216. The third kappa shape index (κ3) is 5.27. The number of carbonyl (C=O) groups excluding carboxylic acids is 2. The van der Waals surface area contributed by atoms with E-state index in [1.54, 1.807) is 11.3 Å². The number of piperidine rings is 1. The second-order valence-electron chi connectivity index (χ2n) is 10.6. The van der Waals surface area contributed by atoms with Crippen LogP contribution in [0.25, 0.3) is 16.8 Å². The van der Waals surface area contributed by atoms with Gasteiger partial charge >= 0.3 is 6.18 Å². The van der Waals surface area contributed by atoms with Crippen LogP contribution in [0, 0.1) is 5.82 Å². The van der Waals surface area contributed by atoms with E-state index in [-0.39, 0.29) is 69.3 Å². The van der Waals surface area contributed by atoms with Crippen LogP contribution >= 0.6 is 11.6 Å². The molecular formula is C29H26ClF4N7O3. The van der Waals surface area contributed by atoms with Crippen molar-refractivity contribution in [1.82, 2.24) is 24.3 Å². The largest absolute Gasteiger partial charge is 0.493 e. The second kappa shape index (κ2) is 11.2. The normalized spacial score (nSPS) is 18.5. The van der Waals surface area contributed by atoms with E-state index in [0.29, 0.717) is 24.9 Å². The predicted octanol–water partition coefficient (Wildman–Crippen LogP) is 5.70. The van der Waals surface area contributed by atoms with Crippen LogP contribution in [0.2, 0.25) is 5.15 Å². The van der Waals surface area contributed by atoms with Crippen LogP contribution in [-0.4, -0.2) is 55.3 Å². The molecule has 0 bridgehead atoms. The van der Waals surface area contributed by atoms with Gasteiger partial charge in [-0.15, -0.1) is 0 Å². The van der Waals surface area contributed by atoms with Crippen molar-refractivity contribution in [3.63, 3.8) is 0 Å². The standard InChI is InChI=1S/C29H26ClF4N7O3/c1-2-44-19-10-15(28(43)38-21-11-16(7-8-36-21)29(32,33)34)9-18(31)23(19)24-25-26(35)37-12-20(30)41(25)27(39-24)14-3-4-17-5-6-22(42)40(17)13-14/h7-12,14,17H,2-6,13H2,1H3,(H2,35,37)(H,36,38,43)/t14-,17+/m1/s1. The minimum Gasteiger partial charge on any atom is -0.493 e. The minimum atomic E-state index is -4.65. The zero-order chi connectivity index (χ0) is 31.3. The van der Waals surface area contributed by atoms with Crippen molar-refractivity contribution < 1.29 is 31.9 Å². The van der Waals surface area contributed by atoms with Gasteiger partial charge in [0.15, 0.2) is 0 Å². The fraction of sp³-hybridized carbons (Fsp3) is 0.345. The van der Waals surface area contributed by atoms with Crippen molar-refractivity contribution in [2.24, 2.45) is 0 Å². The molecule has 0 unspecified atom stereocenters. The summed E-state index contributed by atoms with van der Waals surface area (Å²) in [6, 6.07) is 3.81. The smallest absolute Gasteiger partial charge is 0.416 e. The molecule has 2 atom stereocenters. The molecule has 15 heteroatoms. The topological polar surface area (TPSA) is 128 Å². The van der Waals surface area contributed by atoms with Gasteiger partial charge in [0.2, 0.25) is 5.91 Å². The number of amides is 2. The maximum atomic E-state index is 16.1. The lowest BCUT2D eigenvalue weighted by molar-refractivity contribution is -0.137. The number of carbonyl (C=O) groups is 2. The molecule has 4 aromatic rings. The summed E-state index contributed by atoms with van der Waals surface area (Å²) in [6.07, 6.45) is 0.425. The summed E-state index contributed by atoms with van der Waals surface area (Å²) >= 11 is 6.59. The number of anilines is 2. The summed E-state index contributed by atoms with van der Waals surface area (Å²) in [5.74, 6) is -1.88. The number of aromatic nitrogens is 4. The number of imidazole rings is 1. The number of halogens is 5. The Balaban J connectivity index is 1.42. The van der Waals surface area contributed by atoms with Gasteiger partial charge in [0.1, 0.15) is 45.4 Å². The van der Waals surface area contributed by atoms with Crippen molar-refractivity contribution in [3.8, 4) is 17.0 Å². The Bertz CT molecular complexity index is 1800. The van der Waals surface area contributed by atoms with Crippen molar-refractivity contribution in [2.75, 3.05) is 24.2 Å². The predicted molar refractivity (Wildman–Crippen MR) is 153 cm³/mol. The first-order chi connectivity index (χ1) is 21.0. The Morgan fingerprint density at radius 3 is 2.75 bits per heavy atom. The first-order valence-electron chi connectivity index (χ1n) is 13.9. The molecule has 5 heterocycles. The lowest BCUT2D eigenvalue weighted by atomic mass is 9.92. The molecule has 230 valence electrons. The number of nitrogens with zero attached hydrogens (tertiary/aromatic N) is 5. The van der Waals surface area contributed by atoms with Gasteiger partial charge in [0.25, 0.3) is 5.91 Å². The summed E-state index contributed by atoms with van der Waals surface area (Å²) in [4.78, 5) is 40.1. The fourth-order valence-corrected chi connectivity index (χ4v) is 6.15. The highest BCUT2D eigenvalue weighted by atomic mass is 35.5. The Hall–Kier alpha value is -4.46. The number of hydrogen-bond donors (Lipinski definition) is 2. The lowest BCUT2D eigenvalue weighted by Gasteiger charge is -2.34. The molecule has 3 aromatic heterocycles. The summed E-state index contributed by atoms with van der Waals surface area (Å²) in [5, 5.41) is 2.45. The van der Waals surface area contributed by atoms with Crippen molar-refractivity contribution in [1.29, 1.82) is 0 Å². The van der Waals surface area contributed by atoms with Crippen molar-refractivity contribution in [3.05, 3.63) is 64.6 Å². The molecule has 2 fully saturated rings. The van der Waals surface area contributed by atoms with Crippen LogP contribution in [-0.2, 0) is 11.0 Å². The molecular weight excluding hydrogens is 606 g/mol. The highest BCUT2D eigenvalue weighted by Crippen LogP contribution is 2.42. The summed E-state index contributed by atoms with van der Waals surface area (Å²) in [5.41, 5.74) is 5.25. The van der Waals surface area contributed by atoms with E-state index in [1.807, 2.05) is 4.90 Å². The van der Waals surface area contributed by atoms with E-state index < -0.39 is 23.5 Å². The third-order valence-corrected chi connectivity index (χ3v) is 8.20. The molecule has 0 spiro atoms. The number of pyridine rings is 1. The van der Waals surface area contributed by atoms with E-state index in [1.165, 1.54) is 12.3 Å². The fourth-order valence-electron chi connectivity index (χ4n) is 5.93. The molecule has 3 N–H and O–H groups in total. The van der Waals surface area contributed by atoms with Gasteiger partial charge in [-0.2, -0.15) is 13.2 Å². The molecule has 0 saturated carbocycles. The number of alkyl halides is 3. The number of hydrogen-bond acceptors (Lipinski definition) is 7. The van der Waals surface area contributed by atoms with E-state index in [2.05, 4.69) is 15.3 Å². The molecule has 2 aliphatic rings. The molecule has 44 heavy (non-hydrogen) atoms. The van der Waals surface area contributed by atoms with Crippen LogP contribution in [0.3, 0.4) is 0 Å². The van der Waals surface area contributed by atoms with Crippen LogP contribution in [0.1, 0.15) is 60.3 Å². The van der Waals surface area contributed by atoms with Gasteiger partial charge in [0.05, 0.1) is 23.9 Å². The number of benzene rings is 1. The van der Waals surface area contributed by atoms with E-state index in [0.717, 1.165) is 37.6 Å². The monoisotopic (exact) mass is 631 g/mol. The number of fused-ring (bicyclic) bond motifs is 2. The Kier molecular flexibility index (Phi) is 7.56. The highest BCUT2D eigenvalue weighted by molar-refractivity contribution is 6.30. The van der Waals surface area contributed by atoms with Gasteiger partial charge in [-0.05, 0) is 50.5 Å². The number of ether oxygens (including phenoxy) is 1. The van der Waals surface area contributed by atoms with E-state index >= 15 is 4.39 Å². The SMILES string of the molecule is CCOc1cc(C(=O)Nc2cc(C(F)(F)F)ccn2)cc(F)c1-c1nc([C@@H]2CC[C@H]3CCC(=O)N3C2)n2c(Cl)cnc(N)c12. The molecule has 1 aromatic carbocycles. The lowest BCUT2D eigenvalue weighted by Crippen LogP contribution is -2.41. The number of rotatable bonds is 6. The van der Waals surface area contributed by atoms with Crippen LogP contribution in [0.5, 0.6) is 5.75 Å². The number of nitrogen functional groups attached to an aromatic ring is 1. The van der Waals surface area contributed by atoms with Gasteiger partial charge in [-0.25, -0.2) is 19.3 Å². The molecule has 2 aliphatic heterocycles. The highest BCUT2D eigenvalue weighted by Gasteiger charge is 2.39. The number of nitrogens with two attached hydrogens (primary N) is 1. The quantitative estimate of drug-likeness (QED) is 0.261. The first-order valence-corrected chi connectivity index (χ1v) is 14.3. The van der Waals surface area contributed by atoms with Gasteiger partial charge in [-0.1, -0.05) is 11.6 Å². The van der Waals surface area contributed by atoms with Crippen LogP contribution < -0.4 is 15.8 Å². The Labute approximate surface area is 253 Å². The molecule has 2 amide bonds. The van der Waals surface area contributed by atoms with Gasteiger partial charge in [0, 0.05) is 36.7 Å². The Morgan fingerprint density at radius 2 is 2.00 bits per heavy atom. The van der Waals surface area contributed by atoms with Crippen molar-refractivity contribution >= 4 is 40.6 Å². The third-order valence-electron chi connectivity index (χ3n) is 7.93. The second-order valence-corrected chi connectivity index (χ2v) is 11.0. The maximum Gasteiger partial charge on any atom is 0.416 e. The molecule has 0 aliphatic carbocycles. The summed E-state index contributed by atoms with van der Waals surface area (Å²) in [6.45, 7) is 2.17. The summed E-state index contributed by atoms with van der Waals surface area (Å²) < 4.78 is 62.8. The summed E-state index contributed by atoms with van der Waals surface area (Å²) in [7, 11) is 0. The van der Waals surface area contributed by atoms with Crippen LogP contribution in [0.15, 0.2) is 36.7 Å². The average Bonchev–Trinajstić information content (AvgIpc) is 3.56. The average molecular weight is 632 g/mol. The zero-order valence-electron chi connectivity index (χ0n) is 23.3. The van der Waals surface area contributed by atoms with E-state index in [9.17, 15) is 22.8 Å². The van der Waals surface area contributed by atoms with Crippen molar-refractivity contribution in [2.45, 2.75) is 50.7 Å². The van der Waals surface area contributed by atoms with Gasteiger partial charge in [-0.3, -0.25) is 14.0 Å². The van der Waals surface area contributed by atoms with Crippen LogP contribution in [0.4, 0.5) is 29.2 Å². The first kappa shape index (κ1) is 29.6. The molecule has 6 rings (SSSR count). The molecule has 2 saturated heterocycles. The van der Waals surface area contributed by atoms with Gasteiger partial charge < -0.3 is 20.7 Å².